The number of nitrogens with zero attached hydrogens (tertiary/aromatic N) is 1. The van der Waals surface area contributed by atoms with E-state index in [0.717, 1.165) is 22.0 Å². The van der Waals surface area contributed by atoms with Crippen molar-refractivity contribution in [3.05, 3.63) is 71.9 Å². The monoisotopic (exact) mass is 680 g/mol. The van der Waals surface area contributed by atoms with Crippen LogP contribution < -0.4 is 21.7 Å². The van der Waals surface area contributed by atoms with Gasteiger partial charge < -0.3 is 36.3 Å². The van der Waals surface area contributed by atoms with Crippen LogP contribution in [-0.4, -0.2) is 89.1 Å². The number of fused-ring (bicyclic) bond motifs is 1. The molecule has 2 aromatic carbocycles. The van der Waals surface area contributed by atoms with Crippen LogP contribution in [0.4, 0.5) is 0 Å². The number of amides is 5. The Morgan fingerprint density at radius 1 is 0.938 bits per heavy atom. The summed E-state index contributed by atoms with van der Waals surface area (Å²) in [7, 11) is 1.22. The first kappa shape index (κ1) is 35.9. The number of esters is 1. The van der Waals surface area contributed by atoms with E-state index in [4.69, 9.17) is 22.1 Å². The Kier molecular flexibility index (Phi) is 13.0. The first-order valence-electron chi connectivity index (χ1n) is 15.8. The maximum atomic E-state index is 14.0. The number of aromatic amines is 1. The largest absolute Gasteiger partial charge is 0.469 e. The average molecular weight is 681 g/mol. The van der Waals surface area contributed by atoms with Crippen LogP contribution in [-0.2, 0) is 46.3 Å². The fraction of sp³-hybridized carbons (Fsp3) is 0.412. The third kappa shape index (κ3) is 9.57. The van der Waals surface area contributed by atoms with E-state index in [9.17, 15) is 28.8 Å². The smallest absolute Gasteiger partial charge is 0.305 e. The van der Waals surface area contributed by atoms with Gasteiger partial charge >= 0.3 is 5.97 Å². The lowest BCUT2D eigenvalue weighted by molar-refractivity contribution is -0.146. The second kappa shape index (κ2) is 17.3. The highest BCUT2D eigenvalue weighted by atomic mass is 35.5. The predicted molar refractivity (Wildman–Crippen MR) is 178 cm³/mol. The van der Waals surface area contributed by atoms with Gasteiger partial charge in [-0.2, -0.15) is 0 Å². The maximum Gasteiger partial charge on any atom is 0.305 e. The zero-order chi connectivity index (χ0) is 34.6. The van der Waals surface area contributed by atoms with Gasteiger partial charge in [-0.15, -0.1) is 11.6 Å². The van der Waals surface area contributed by atoms with E-state index in [2.05, 4.69) is 20.9 Å². The van der Waals surface area contributed by atoms with Crippen LogP contribution in [0.15, 0.2) is 60.8 Å². The highest BCUT2D eigenvalue weighted by Crippen LogP contribution is 2.22. The SMILES string of the molecule is COC(=O)CC[C@H](NC(=O)CCl)C(=O)N1CCCC[C@H]1C(=O)N[C@@H](Cc1c[nH]c2ccccc12)C(=O)N[C@@H](Cc1ccccc1)C(N)=O. The summed E-state index contributed by atoms with van der Waals surface area (Å²) < 4.78 is 4.69. The van der Waals surface area contributed by atoms with Crippen molar-refractivity contribution >= 4 is 58.0 Å². The number of carbonyl (C=O) groups excluding carboxylic acids is 6. The fourth-order valence-corrected chi connectivity index (χ4v) is 5.94. The molecule has 14 heteroatoms. The first-order chi connectivity index (χ1) is 23.1. The number of nitrogens with one attached hydrogen (secondary N) is 4. The van der Waals surface area contributed by atoms with Crippen molar-refractivity contribution in [1.29, 1.82) is 0 Å². The van der Waals surface area contributed by atoms with E-state index >= 15 is 0 Å². The Bertz CT molecular complexity index is 1610. The van der Waals surface area contributed by atoms with Gasteiger partial charge in [0.25, 0.3) is 0 Å². The molecule has 0 saturated carbocycles. The number of benzene rings is 2. The third-order valence-corrected chi connectivity index (χ3v) is 8.63. The molecule has 0 unspecified atom stereocenters. The standard InChI is InChI=1S/C34H41ClN6O7/c1-48-30(43)15-14-25(38-29(42)19-35)34(47)41-16-8-7-13-28(41)33(46)40-27(18-22-20-37-24-12-6-5-11-23(22)24)32(45)39-26(31(36)44)17-21-9-3-2-4-10-21/h2-6,9-12,20,25-28,37H,7-8,13-19H2,1H3,(H2,36,44)(H,38,42)(H,39,45)(H,40,46)/t25-,26-,27-,28-/m0/s1. The summed E-state index contributed by atoms with van der Waals surface area (Å²) in [5.74, 6) is -4.03. The Morgan fingerprint density at radius 2 is 1.67 bits per heavy atom. The summed E-state index contributed by atoms with van der Waals surface area (Å²) in [5, 5.41) is 8.97. The summed E-state index contributed by atoms with van der Waals surface area (Å²) in [6, 6.07) is 12.3. The summed E-state index contributed by atoms with van der Waals surface area (Å²) in [4.78, 5) is 82.6. The molecule has 0 spiro atoms. The van der Waals surface area contributed by atoms with Crippen LogP contribution in [0.1, 0.15) is 43.2 Å². The van der Waals surface area contributed by atoms with E-state index in [1.807, 2.05) is 54.6 Å². The number of likely N-dealkylation sites (tertiary alicyclic amines) is 1. The van der Waals surface area contributed by atoms with Crippen molar-refractivity contribution in [3.63, 3.8) is 0 Å². The number of ether oxygens (including phenoxy) is 1. The lowest BCUT2D eigenvalue weighted by Crippen LogP contribution is -2.60. The van der Waals surface area contributed by atoms with Gasteiger partial charge in [0.1, 0.15) is 30.0 Å². The van der Waals surface area contributed by atoms with Crippen molar-refractivity contribution < 1.29 is 33.5 Å². The van der Waals surface area contributed by atoms with E-state index in [0.29, 0.717) is 19.3 Å². The molecule has 0 bridgehead atoms. The molecule has 6 N–H and O–H groups in total. The fourth-order valence-electron chi connectivity index (χ4n) is 5.87. The number of hydrogen-bond acceptors (Lipinski definition) is 7. The van der Waals surface area contributed by atoms with Crippen molar-refractivity contribution in [2.45, 2.75) is 69.1 Å². The number of primary amides is 1. The summed E-state index contributed by atoms with van der Waals surface area (Å²) in [6.45, 7) is 0.225. The average Bonchev–Trinajstić information content (AvgIpc) is 3.51. The number of carbonyl (C=O) groups is 6. The molecule has 0 aliphatic carbocycles. The van der Waals surface area contributed by atoms with Gasteiger partial charge in [-0.05, 0) is 42.9 Å². The van der Waals surface area contributed by atoms with Crippen LogP contribution in [0.5, 0.6) is 0 Å². The van der Waals surface area contributed by atoms with Gasteiger partial charge in [0.15, 0.2) is 0 Å². The van der Waals surface area contributed by atoms with E-state index < -0.39 is 65.6 Å². The molecular formula is C34H41ClN6O7. The molecule has 13 nitrogen and oxygen atoms in total. The van der Waals surface area contributed by atoms with Crippen LogP contribution in [0.25, 0.3) is 10.9 Å². The molecule has 4 atom stereocenters. The molecule has 256 valence electrons. The molecule has 1 saturated heterocycles. The molecule has 1 aromatic heterocycles. The molecule has 48 heavy (non-hydrogen) atoms. The topological polar surface area (TPSA) is 193 Å². The third-order valence-electron chi connectivity index (χ3n) is 8.38. The van der Waals surface area contributed by atoms with E-state index in [1.54, 1.807) is 6.20 Å². The first-order valence-corrected chi connectivity index (χ1v) is 16.4. The van der Waals surface area contributed by atoms with E-state index in [1.165, 1.54) is 12.0 Å². The Balaban J connectivity index is 1.58. The Morgan fingerprint density at radius 3 is 2.38 bits per heavy atom. The number of aromatic nitrogens is 1. The molecule has 4 rings (SSSR count). The lowest BCUT2D eigenvalue weighted by Gasteiger charge is -2.37. The van der Waals surface area contributed by atoms with Gasteiger partial charge in [-0.3, -0.25) is 28.8 Å². The number of alkyl halides is 1. The molecule has 1 aliphatic rings. The summed E-state index contributed by atoms with van der Waals surface area (Å²) in [6.07, 6.45) is 3.36. The van der Waals surface area contributed by atoms with Crippen LogP contribution >= 0.6 is 11.6 Å². The minimum Gasteiger partial charge on any atom is -0.469 e. The summed E-state index contributed by atoms with van der Waals surface area (Å²) >= 11 is 5.68. The zero-order valence-corrected chi connectivity index (χ0v) is 27.5. The number of nitrogens with two attached hydrogens (primary N) is 1. The number of methoxy groups -OCH3 is 1. The quantitative estimate of drug-likeness (QED) is 0.118. The number of piperidine rings is 1. The Labute approximate surface area is 283 Å². The molecule has 1 aliphatic heterocycles. The number of rotatable bonds is 15. The molecule has 3 aromatic rings. The van der Waals surface area contributed by atoms with E-state index in [-0.39, 0.29) is 32.2 Å². The maximum absolute atomic E-state index is 14.0. The van der Waals surface area contributed by atoms with Gasteiger partial charge in [0.05, 0.1) is 7.11 Å². The molecule has 2 heterocycles. The van der Waals surface area contributed by atoms with Crippen LogP contribution in [0.3, 0.4) is 0 Å². The number of hydrogen-bond donors (Lipinski definition) is 5. The second-order valence-corrected chi connectivity index (χ2v) is 12.0. The molecule has 0 radical (unpaired) electrons. The van der Waals surface area contributed by atoms with Crippen molar-refractivity contribution in [1.82, 2.24) is 25.8 Å². The van der Waals surface area contributed by atoms with Gasteiger partial charge in [-0.1, -0.05) is 48.5 Å². The predicted octanol–water partition coefficient (Wildman–Crippen LogP) is 1.47. The highest BCUT2D eigenvalue weighted by molar-refractivity contribution is 6.27. The minimum absolute atomic E-state index is 0.0551. The highest BCUT2D eigenvalue weighted by Gasteiger charge is 2.38. The normalized spacial score (nSPS) is 16.3. The van der Waals surface area contributed by atoms with Gasteiger partial charge in [0.2, 0.25) is 29.5 Å². The second-order valence-electron chi connectivity index (χ2n) is 11.7. The molecule has 1 fully saturated rings. The van der Waals surface area contributed by atoms with Gasteiger partial charge in [0, 0.05) is 42.9 Å². The van der Waals surface area contributed by atoms with Crippen molar-refractivity contribution in [2.75, 3.05) is 19.5 Å². The van der Waals surface area contributed by atoms with Crippen molar-refractivity contribution in [3.8, 4) is 0 Å². The Hall–Kier alpha value is -4.91. The zero-order valence-electron chi connectivity index (χ0n) is 26.7. The molecular weight excluding hydrogens is 640 g/mol. The summed E-state index contributed by atoms with van der Waals surface area (Å²) in [5.41, 5.74) is 8.07. The molecule has 5 amide bonds. The van der Waals surface area contributed by atoms with Crippen LogP contribution in [0, 0.1) is 0 Å². The van der Waals surface area contributed by atoms with Gasteiger partial charge in [-0.25, -0.2) is 0 Å². The number of H-pyrrole nitrogens is 1. The number of halogens is 1. The van der Waals surface area contributed by atoms with Crippen LogP contribution in [0.2, 0.25) is 0 Å². The number of para-hydroxylation sites is 1. The van der Waals surface area contributed by atoms with Crippen molar-refractivity contribution in [2.24, 2.45) is 5.73 Å². The minimum atomic E-state index is -1.14. The lowest BCUT2D eigenvalue weighted by atomic mass is 9.97.